The summed E-state index contributed by atoms with van der Waals surface area (Å²) in [6.07, 6.45) is -2.01. The minimum absolute atomic E-state index is 0.186. The molecule has 20 heavy (non-hydrogen) atoms. The number of hydrogen-bond donors (Lipinski definition) is 1. The number of nitrogens with one attached hydrogen (secondary N) is 1. The molecule has 0 spiro atoms. The first-order chi connectivity index (χ1) is 9.35. The molecule has 0 radical (unpaired) electrons. The Bertz CT molecular complexity index is 467. The van der Waals surface area contributed by atoms with Gasteiger partial charge >= 0.3 is 6.18 Å². The van der Waals surface area contributed by atoms with Crippen molar-refractivity contribution >= 4 is 17.4 Å². The maximum absolute atomic E-state index is 12.3. The van der Waals surface area contributed by atoms with E-state index in [0.717, 1.165) is 12.0 Å². The second kappa shape index (κ2) is 6.13. The number of likely N-dealkylation sites (tertiary alicyclic amines) is 1. The van der Waals surface area contributed by atoms with Gasteiger partial charge in [-0.15, -0.1) is 0 Å². The third-order valence-corrected chi connectivity index (χ3v) is 3.73. The van der Waals surface area contributed by atoms with Crippen LogP contribution in [-0.4, -0.2) is 47.2 Å². The van der Waals surface area contributed by atoms with E-state index in [9.17, 15) is 13.2 Å². The molecule has 1 unspecified atom stereocenters. The Hall–Kier alpha value is -1.08. The van der Waals surface area contributed by atoms with Crippen molar-refractivity contribution in [3.63, 3.8) is 0 Å². The molecule has 0 amide bonds. The Labute approximate surface area is 120 Å². The zero-order valence-electron chi connectivity index (χ0n) is 11.0. The van der Waals surface area contributed by atoms with Crippen LogP contribution in [0, 0.1) is 12.8 Å². The summed E-state index contributed by atoms with van der Waals surface area (Å²) >= 11 is 5.88. The van der Waals surface area contributed by atoms with E-state index >= 15 is 0 Å². The van der Waals surface area contributed by atoms with E-state index in [-0.39, 0.29) is 5.92 Å². The minimum atomic E-state index is -4.13. The number of anilines is 1. The molecule has 2 rings (SSSR count). The number of aromatic nitrogens is 2. The molecule has 112 valence electrons. The topological polar surface area (TPSA) is 41.1 Å². The van der Waals surface area contributed by atoms with Gasteiger partial charge in [-0.25, -0.2) is 9.97 Å². The molecule has 0 saturated carbocycles. The SMILES string of the molecule is Cc1c(Cl)ncnc1NCC1CCN(CC(F)(F)F)C1. The van der Waals surface area contributed by atoms with Crippen molar-refractivity contribution in [3.8, 4) is 0 Å². The fraction of sp³-hybridized carbons (Fsp3) is 0.667. The molecule has 1 N–H and O–H groups in total. The number of hydrogen-bond acceptors (Lipinski definition) is 4. The molecule has 0 aliphatic carbocycles. The monoisotopic (exact) mass is 308 g/mol. The average molecular weight is 309 g/mol. The molecule has 1 aromatic rings. The summed E-state index contributed by atoms with van der Waals surface area (Å²) in [4.78, 5) is 9.37. The third-order valence-electron chi connectivity index (χ3n) is 3.35. The molecule has 4 nitrogen and oxygen atoms in total. The van der Waals surface area contributed by atoms with Crippen LogP contribution >= 0.6 is 11.6 Å². The zero-order valence-corrected chi connectivity index (χ0v) is 11.8. The maximum Gasteiger partial charge on any atom is 0.401 e. The lowest BCUT2D eigenvalue weighted by molar-refractivity contribution is -0.143. The molecular formula is C12H16ClF3N4. The van der Waals surface area contributed by atoms with Gasteiger partial charge in [0, 0.05) is 18.7 Å². The van der Waals surface area contributed by atoms with E-state index < -0.39 is 12.7 Å². The quantitative estimate of drug-likeness (QED) is 0.868. The second-order valence-corrected chi connectivity index (χ2v) is 5.38. The summed E-state index contributed by atoms with van der Waals surface area (Å²) in [6.45, 7) is 2.49. The van der Waals surface area contributed by atoms with Crippen LogP contribution in [0.4, 0.5) is 19.0 Å². The highest BCUT2D eigenvalue weighted by atomic mass is 35.5. The third kappa shape index (κ3) is 4.21. The Kier molecular flexibility index (Phi) is 4.70. The summed E-state index contributed by atoms with van der Waals surface area (Å²) in [5.74, 6) is 0.824. The molecule has 8 heteroatoms. The van der Waals surface area contributed by atoms with E-state index in [4.69, 9.17) is 11.6 Å². The summed E-state index contributed by atoms with van der Waals surface area (Å²) in [5, 5.41) is 3.52. The largest absolute Gasteiger partial charge is 0.401 e. The lowest BCUT2D eigenvalue weighted by Crippen LogP contribution is -2.33. The molecular weight excluding hydrogens is 293 g/mol. The minimum Gasteiger partial charge on any atom is -0.369 e. The van der Waals surface area contributed by atoms with Crippen LogP contribution in [0.3, 0.4) is 0 Å². The van der Waals surface area contributed by atoms with Gasteiger partial charge in [-0.2, -0.15) is 13.2 Å². The van der Waals surface area contributed by atoms with Crippen molar-refractivity contribution in [2.24, 2.45) is 5.92 Å². The van der Waals surface area contributed by atoms with Crippen molar-refractivity contribution in [2.75, 3.05) is 31.5 Å². The van der Waals surface area contributed by atoms with Gasteiger partial charge in [0.15, 0.2) is 0 Å². The molecule has 1 aliphatic rings. The standard InChI is InChI=1S/C12H16ClF3N4/c1-8-10(13)18-7-19-11(8)17-4-9-2-3-20(5-9)6-12(14,15)16/h7,9H,2-6H2,1H3,(H,17,18,19). The summed E-state index contributed by atoms with van der Waals surface area (Å²) < 4.78 is 36.9. The molecule has 1 fully saturated rings. The summed E-state index contributed by atoms with van der Waals surface area (Å²) in [7, 11) is 0. The maximum atomic E-state index is 12.3. The Morgan fingerprint density at radius 2 is 2.20 bits per heavy atom. The Morgan fingerprint density at radius 3 is 2.90 bits per heavy atom. The van der Waals surface area contributed by atoms with Gasteiger partial charge in [0.1, 0.15) is 17.3 Å². The van der Waals surface area contributed by atoms with Gasteiger partial charge in [-0.3, -0.25) is 4.90 Å². The first-order valence-corrected chi connectivity index (χ1v) is 6.73. The highest BCUT2D eigenvalue weighted by Gasteiger charge is 2.34. The van der Waals surface area contributed by atoms with Gasteiger partial charge in [0.05, 0.1) is 6.54 Å². The predicted molar refractivity (Wildman–Crippen MR) is 70.9 cm³/mol. The highest BCUT2D eigenvalue weighted by Crippen LogP contribution is 2.24. The fourth-order valence-corrected chi connectivity index (χ4v) is 2.46. The number of rotatable bonds is 4. The first-order valence-electron chi connectivity index (χ1n) is 6.35. The number of alkyl halides is 3. The lowest BCUT2D eigenvalue weighted by atomic mass is 10.1. The zero-order chi connectivity index (χ0) is 14.8. The average Bonchev–Trinajstić information content (AvgIpc) is 2.76. The van der Waals surface area contributed by atoms with Crippen LogP contribution in [0.5, 0.6) is 0 Å². The normalized spacial score (nSPS) is 20.4. The van der Waals surface area contributed by atoms with Crippen molar-refractivity contribution in [1.29, 1.82) is 0 Å². The number of nitrogens with zero attached hydrogens (tertiary/aromatic N) is 3. The van der Waals surface area contributed by atoms with Crippen molar-refractivity contribution in [3.05, 3.63) is 17.0 Å². The van der Waals surface area contributed by atoms with Gasteiger partial charge in [-0.1, -0.05) is 11.6 Å². The smallest absolute Gasteiger partial charge is 0.369 e. The Balaban J connectivity index is 1.83. The van der Waals surface area contributed by atoms with Crippen LogP contribution < -0.4 is 5.32 Å². The molecule has 1 aliphatic heterocycles. The molecule has 0 bridgehead atoms. The lowest BCUT2D eigenvalue weighted by Gasteiger charge is -2.18. The van der Waals surface area contributed by atoms with Gasteiger partial charge < -0.3 is 5.32 Å². The van der Waals surface area contributed by atoms with Crippen LogP contribution in [0.1, 0.15) is 12.0 Å². The van der Waals surface area contributed by atoms with E-state index in [1.807, 2.05) is 0 Å². The van der Waals surface area contributed by atoms with Gasteiger partial charge in [-0.05, 0) is 25.8 Å². The molecule has 1 atom stereocenters. The second-order valence-electron chi connectivity index (χ2n) is 5.02. The van der Waals surface area contributed by atoms with Gasteiger partial charge in [0.2, 0.25) is 0 Å². The molecule has 0 aromatic carbocycles. The highest BCUT2D eigenvalue weighted by molar-refractivity contribution is 6.30. The van der Waals surface area contributed by atoms with Crippen LogP contribution in [0.2, 0.25) is 5.15 Å². The van der Waals surface area contributed by atoms with Crippen LogP contribution in [0.25, 0.3) is 0 Å². The van der Waals surface area contributed by atoms with Gasteiger partial charge in [0.25, 0.3) is 0 Å². The summed E-state index contributed by atoms with van der Waals surface area (Å²) in [6, 6.07) is 0. The predicted octanol–water partition coefficient (Wildman–Crippen LogP) is 2.73. The fourth-order valence-electron chi connectivity index (χ4n) is 2.32. The first kappa shape index (κ1) is 15.3. The van der Waals surface area contributed by atoms with Crippen molar-refractivity contribution in [2.45, 2.75) is 19.5 Å². The molecule has 2 heterocycles. The molecule has 1 aromatic heterocycles. The van der Waals surface area contributed by atoms with Crippen LogP contribution in [0.15, 0.2) is 6.33 Å². The summed E-state index contributed by atoms with van der Waals surface area (Å²) in [5.41, 5.74) is 0.749. The molecule has 1 saturated heterocycles. The van der Waals surface area contributed by atoms with E-state index in [1.165, 1.54) is 11.2 Å². The van der Waals surface area contributed by atoms with Crippen molar-refractivity contribution in [1.82, 2.24) is 14.9 Å². The van der Waals surface area contributed by atoms with E-state index in [1.54, 1.807) is 6.92 Å². The Morgan fingerprint density at radius 1 is 1.45 bits per heavy atom. The van der Waals surface area contributed by atoms with Crippen LogP contribution in [-0.2, 0) is 0 Å². The van der Waals surface area contributed by atoms with E-state index in [2.05, 4.69) is 15.3 Å². The van der Waals surface area contributed by atoms with Crippen molar-refractivity contribution < 1.29 is 13.2 Å². The van der Waals surface area contributed by atoms with E-state index in [0.29, 0.717) is 30.6 Å². The number of halogens is 4.